The van der Waals surface area contributed by atoms with Crippen LogP contribution in [0.15, 0.2) is 54.6 Å². The zero-order chi connectivity index (χ0) is 15.9. The lowest BCUT2D eigenvalue weighted by Gasteiger charge is -2.06. The van der Waals surface area contributed by atoms with Gasteiger partial charge in [0.25, 0.3) is 5.91 Å². The van der Waals surface area contributed by atoms with Gasteiger partial charge in [-0.25, -0.2) is 9.18 Å². The van der Waals surface area contributed by atoms with Gasteiger partial charge in [-0.3, -0.25) is 4.79 Å². The van der Waals surface area contributed by atoms with E-state index >= 15 is 0 Å². The number of carbonyl (C=O) groups is 2. The van der Waals surface area contributed by atoms with Gasteiger partial charge in [-0.1, -0.05) is 12.1 Å². The molecule has 0 unspecified atom stereocenters. The van der Waals surface area contributed by atoms with Crippen molar-refractivity contribution in [1.82, 2.24) is 0 Å². The van der Waals surface area contributed by atoms with Crippen molar-refractivity contribution in [2.24, 2.45) is 0 Å². The Hall–Kier alpha value is -2.95. The molecule has 0 spiro atoms. The Bertz CT molecular complexity index is 708. The van der Waals surface area contributed by atoms with Crippen LogP contribution in [-0.2, 0) is 9.53 Å². The van der Waals surface area contributed by atoms with Crippen LogP contribution in [0.1, 0.15) is 15.9 Å². The first-order valence-corrected chi connectivity index (χ1v) is 6.51. The molecule has 2 aromatic carbocycles. The van der Waals surface area contributed by atoms with Gasteiger partial charge in [0, 0.05) is 17.3 Å². The average molecular weight is 299 g/mol. The molecular weight excluding hydrogens is 285 g/mol. The number of ether oxygens (including phenoxy) is 1. The van der Waals surface area contributed by atoms with Crippen molar-refractivity contribution >= 4 is 23.6 Å². The van der Waals surface area contributed by atoms with E-state index in [4.69, 9.17) is 0 Å². The second-order valence-corrected chi connectivity index (χ2v) is 4.44. The van der Waals surface area contributed by atoms with Gasteiger partial charge in [0.05, 0.1) is 7.11 Å². The summed E-state index contributed by atoms with van der Waals surface area (Å²) in [6, 6.07) is 12.2. The molecule has 0 saturated heterocycles. The molecule has 2 rings (SSSR count). The summed E-state index contributed by atoms with van der Waals surface area (Å²) in [5, 5.41) is 2.71. The molecule has 1 amide bonds. The van der Waals surface area contributed by atoms with E-state index in [1.165, 1.54) is 37.5 Å². The highest BCUT2D eigenvalue weighted by molar-refractivity contribution is 6.04. The predicted molar refractivity (Wildman–Crippen MR) is 81.8 cm³/mol. The number of esters is 1. The SMILES string of the molecule is COC(=O)/C=C/c1cccc(NC(=O)c2ccc(F)cc2)c1. The topological polar surface area (TPSA) is 55.4 Å². The number of benzene rings is 2. The molecule has 0 aliphatic heterocycles. The number of hydrogen-bond acceptors (Lipinski definition) is 3. The molecule has 112 valence electrons. The Morgan fingerprint density at radius 3 is 2.55 bits per heavy atom. The predicted octanol–water partition coefficient (Wildman–Crippen LogP) is 3.26. The maximum absolute atomic E-state index is 12.8. The number of carbonyl (C=O) groups excluding carboxylic acids is 2. The molecule has 4 nitrogen and oxygen atoms in total. The lowest BCUT2D eigenvalue weighted by molar-refractivity contribution is -0.134. The highest BCUT2D eigenvalue weighted by atomic mass is 19.1. The summed E-state index contributed by atoms with van der Waals surface area (Å²) in [5.74, 6) is -1.19. The lowest BCUT2D eigenvalue weighted by atomic mass is 10.1. The number of rotatable bonds is 4. The van der Waals surface area contributed by atoms with E-state index in [1.807, 2.05) is 0 Å². The van der Waals surface area contributed by atoms with Crippen molar-refractivity contribution in [3.05, 3.63) is 71.6 Å². The monoisotopic (exact) mass is 299 g/mol. The third-order valence-corrected chi connectivity index (χ3v) is 2.86. The molecule has 2 aromatic rings. The second kappa shape index (κ2) is 7.17. The lowest BCUT2D eigenvalue weighted by Crippen LogP contribution is -2.11. The van der Waals surface area contributed by atoms with Crippen LogP contribution in [0.2, 0.25) is 0 Å². The zero-order valence-electron chi connectivity index (χ0n) is 11.9. The van der Waals surface area contributed by atoms with E-state index in [-0.39, 0.29) is 5.91 Å². The fraction of sp³-hybridized carbons (Fsp3) is 0.0588. The quantitative estimate of drug-likeness (QED) is 0.696. The van der Waals surface area contributed by atoms with Gasteiger partial charge >= 0.3 is 5.97 Å². The first-order chi connectivity index (χ1) is 10.6. The second-order valence-electron chi connectivity index (χ2n) is 4.44. The number of amides is 1. The molecule has 22 heavy (non-hydrogen) atoms. The Morgan fingerprint density at radius 1 is 1.14 bits per heavy atom. The van der Waals surface area contributed by atoms with Gasteiger partial charge in [-0.15, -0.1) is 0 Å². The van der Waals surface area contributed by atoms with Crippen molar-refractivity contribution in [3.8, 4) is 0 Å². The van der Waals surface area contributed by atoms with Crippen LogP contribution in [0, 0.1) is 5.82 Å². The molecule has 0 atom stereocenters. The average Bonchev–Trinajstić information content (AvgIpc) is 2.53. The normalized spacial score (nSPS) is 10.5. The summed E-state index contributed by atoms with van der Waals surface area (Å²) in [5.41, 5.74) is 1.67. The van der Waals surface area contributed by atoms with E-state index in [2.05, 4.69) is 10.1 Å². The van der Waals surface area contributed by atoms with Crippen molar-refractivity contribution < 1.29 is 18.7 Å². The van der Waals surface area contributed by atoms with E-state index in [9.17, 15) is 14.0 Å². The van der Waals surface area contributed by atoms with Crippen LogP contribution in [-0.4, -0.2) is 19.0 Å². The molecule has 0 bridgehead atoms. The number of methoxy groups -OCH3 is 1. The van der Waals surface area contributed by atoms with Crippen LogP contribution in [0.4, 0.5) is 10.1 Å². The van der Waals surface area contributed by atoms with Gasteiger partial charge in [-0.05, 0) is 48.0 Å². The number of halogens is 1. The maximum atomic E-state index is 12.8. The number of hydrogen-bond donors (Lipinski definition) is 1. The van der Waals surface area contributed by atoms with Gasteiger partial charge in [0.15, 0.2) is 0 Å². The van der Waals surface area contributed by atoms with E-state index in [1.54, 1.807) is 30.3 Å². The van der Waals surface area contributed by atoms with Crippen LogP contribution >= 0.6 is 0 Å². The smallest absolute Gasteiger partial charge is 0.330 e. The molecule has 0 aliphatic rings. The zero-order valence-corrected chi connectivity index (χ0v) is 11.9. The Kier molecular flexibility index (Phi) is 5.03. The molecule has 0 radical (unpaired) electrons. The summed E-state index contributed by atoms with van der Waals surface area (Å²) < 4.78 is 17.3. The van der Waals surface area contributed by atoms with Crippen molar-refractivity contribution in [2.45, 2.75) is 0 Å². The van der Waals surface area contributed by atoms with Crippen molar-refractivity contribution in [3.63, 3.8) is 0 Å². The fourth-order valence-electron chi connectivity index (χ4n) is 1.76. The van der Waals surface area contributed by atoms with Crippen LogP contribution < -0.4 is 5.32 Å². The van der Waals surface area contributed by atoms with E-state index in [0.717, 1.165) is 5.56 Å². The Morgan fingerprint density at radius 2 is 1.86 bits per heavy atom. The molecular formula is C17H14FNO3. The summed E-state index contributed by atoms with van der Waals surface area (Å²) in [7, 11) is 1.30. The van der Waals surface area contributed by atoms with Crippen LogP contribution in [0.5, 0.6) is 0 Å². The van der Waals surface area contributed by atoms with E-state index in [0.29, 0.717) is 11.3 Å². The van der Waals surface area contributed by atoms with Crippen LogP contribution in [0.25, 0.3) is 6.08 Å². The standard InChI is InChI=1S/C17H14FNO3/c1-22-16(20)10-5-12-3-2-4-15(11-12)19-17(21)13-6-8-14(18)9-7-13/h2-11H,1H3,(H,19,21)/b10-5+. The molecule has 0 aromatic heterocycles. The van der Waals surface area contributed by atoms with Gasteiger partial charge in [0.1, 0.15) is 5.82 Å². The summed E-state index contributed by atoms with van der Waals surface area (Å²) >= 11 is 0. The summed E-state index contributed by atoms with van der Waals surface area (Å²) in [4.78, 5) is 23.1. The minimum Gasteiger partial charge on any atom is -0.466 e. The first kappa shape index (κ1) is 15.4. The third-order valence-electron chi connectivity index (χ3n) is 2.86. The maximum Gasteiger partial charge on any atom is 0.330 e. The molecule has 0 saturated carbocycles. The minimum atomic E-state index is -0.458. The summed E-state index contributed by atoms with van der Waals surface area (Å²) in [6.45, 7) is 0. The molecule has 0 aliphatic carbocycles. The van der Waals surface area contributed by atoms with Gasteiger partial charge in [0.2, 0.25) is 0 Å². The third kappa shape index (κ3) is 4.28. The highest BCUT2D eigenvalue weighted by Gasteiger charge is 2.06. The Balaban J connectivity index is 2.10. The van der Waals surface area contributed by atoms with Gasteiger partial charge in [-0.2, -0.15) is 0 Å². The summed E-state index contributed by atoms with van der Waals surface area (Å²) in [6.07, 6.45) is 2.88. The van der Waals surface area contributed by atoms with Crippen molar-refractivity contribution in [1.29, 1.82) is 0 Å². The largest absolute Gasteiger partial charge is 0.466 e. The number of anilines is 1. The van der Waals surface area contributed by atoms with Gasteiger partial charge < -0.3 is 10.1 Å². The molecule has 0 heterocycles. The van der Waals surface area contributed by atoms with E-state index < -0.39 is 11.8 Å². The Labute approximate surface area is 127 Å². The highest BCUT2D eigenvalue weighted by Crippen LogP contribution is 2.14. The van der Waals surface area contributed by atoms with Crippen LogP contribution in [0.3, 0.4) is 0 Å². The molecule has 0 fully saturated rings. The first-order valence-electron chi connectivity index (χ1n) is 6.51. The molecule has 1 N–H and O–H groups in total. The minimum absolute atomic E-state index is 0.339. The molecule has 5 heteroatoms. The van der Waals surface area contributed by atoms with Crippen molar-refractivity contribution in [2.75, 3.05) is 12.4 Å². The number of nitrogens with one attached hydrogen (secondary N) is 1. The fourth-order valence-corrected chi connectivity index (χ4v) is 1.76.